The second kappa shape index (κ2) is 8.94. The minimum atomic E-state index is -3.46. The molecular formula is C20H23ClN2O4S. The number of nitrogens with one attached hydrogen (secondary N) is 1. The van der Waals surface area contributed by atoms with Crippen molar-refractivity contribution in [1.82, 2.24) is 4.31 Å². The molecule has 1 heterocycles. The van der Waals surface area contributed by atoms with Crippen molar-refractivity contribution in [2.24, 2.45) is 0 Å². The molecule has 0 spiro atoms. The molecule has 1 aliphatic heterocycles. The highest BCUT2D eigenvalue weighted by Gasteiger charge is 2.27. The Kier molecular flexibility index (Phi) is 6.59. The molecule has 0 saturated carbocycles. The third-order valence-electron chi connectivity index (χ3n) is 4.58. The van der Waals surface area contributed by atoms with E-state index in [-0.39, 0.29) is 10.8 Å². The van der Waals surface area contributed by atoms with Gasteiger partial charge in [-0.1, -0.05) is 18.5 Å². The van der Waals surface area contributed by atoms with Crippen LogP contribution < -0.4 is 10.1 Å². The quantitative estimate of drug-likeness (QED) is 0.733. The van der Waals surface area contributed by atoms with Gasteiger partial charge in [0.1, 0.15) is 5.75 Å². The minimum Gasteiger partial charge on any atom is -0.481 e. The van der Waals surface area contributed by atoms with E-state index in [0.717, 1.165) is 12.8 Å². The summed E-state index contributed by atoms with van der Waals surface area (Å²) in [5.74, 6) is 0.256. The fraction of sp³-hybridized carbons (Fsp3) is 0.350. The fourth-order valence-corrected chi connectivity index (χ4v) is 4.65. The van der Waals surface area contributed by atoms with E-state index in [0.29, 0.717) is 36.0 Å². The van der Waals surface area contributed by atoms with E-state index in [1.54, 1.807) is 36.4 Å². The van der Waals surface area contributed by atoms with Crippen molar-refractivity contribution in [3.63, 3.8) is 0 Å². The molecule has 2 aromatic rings. The van der Waals surface area contributed by atoms with Gasteiger partial charge in [0.15, 0.2) is 6.10 Å². The Morgan fingerprint density at radius 1 is 1.11 bits per heavy atom. The standard InChI is InChI=1S/C20H23ClN2O4S/c1-2-19(27-17-9-5-15(21)6-10-17)20(24)22-16-7-11-18(12-8-16)28(25,26)23-13-3-4-14-23/h5-12,19H,2-4,13-14H2,1H3,(H,22,24). The monoisotopic (exact) mass is 422 g/mol. The minimum absolute atomic E-state index is 0.233. The first kappa shape index (κ1) is 20.6. The van der Waals surface area contributed by atoms with Gasteiger partial charge in [-0.05, 0) is 67.8 Å². The lowest BCUT2D eigenvalue weighted by molar-refractivity contribution is -0.122. The number of hydrogen-bond donors (Lipinski definition) is 1. The normalized spacial score (nSPS) is 15.9. The Labute approximate surface area is 170 Å². The molecule has 0 aliphatic carbocycles. The molecule has 1 fully saturated rings. The first-order chi connectivity index (χ1) is 13.4. The van der Waals surface area contributed by atoms with Crippen LogP contribution in [0.3, 0.4) is 0 Å². The van der Waals surface area contributed by atoms with Crippen molar-refractivity contribution in [3.8, 4) is 5.75 Å². The van der Waals surface area contributed by atoms with E-state index in [1.165, 1.54) is 16.4 Å². The number of sulfonamides is 1. The van der Waals surface area contributed by atoms with Gasteiger partial charge in [0, 0.05) is 23.8 Å². The van der Waals surface area contributed by atoms with Crippen LogP contribution in [0.2, 0.25) is 5.02 Å². The lowest BCUT2D eigenvalue weighted by Crippen LogP contribution is -2.32. The van der Waals surface area contributed by atoms with Crippen LogP contribution in [0.4, 0.5) is 5.69 Å². The van der Waals surface area contributed by atoms with Gasteiger partial charge in [-0.25, -0.2) is 8.42 Å². The molecule has 150 valence electrons. The average molecular weight is 423 g/mol. The van der Waals surface area contributed by atoms with E-state index in [9.17, 15) is 13.2 Å². The van der Waals surface area contributed by atoms with Crippen LogP contribution in [-0.4, -0.2) is 37.8 Å². The van der Waals surface area contributed by atoms with E-state index in [4.69, 9.17) is 16.3 Å². The van der Waals surface area contributed by atoms with E-state index in [1.807, 2.05) is 6.92 Å². The van der Waals surface area contributed by atoms with Gasteiger partial charge in [0.2, 0.25) is 10.0 Å². The molecule has 0 radical (unpaired) electrons. The van der Waals surface area contributed by atoms with Crippen LogP contribution >= 0.6 is 11.6 Å². The number of nitrogens with zero attached hydrogens (tertiary/aromatic N) is 1. The Balaban J connectivity index is 1.65. The topological polar surface area (TPSA) is 75.7 Å². The van der Waals surface area contributed by atoms with E-state index < -0.39 is 16.1 Å². The average Bonchev–Trinajstić information content (AvgIpc) is 3.23. The zero-order valence-electron chi connectivity index (χ0n) is 15.6. The molecule has 8 heteroatoms. The molecular weight excluding hydrogens is 400 g/mol. The predicted molar refractivity (Wildman–Crippen MR) is 109 cm³/mol. The number of amides is 1. The largest absolute Gasteiger partial charge is 0.481 e. The zero-order chi connectivity index (χ0) is 20.1. The predicted octanol–water partition coefficient (Wildman–Crippen LogP) is 3.92. The smallest absolute Gasteiger partial charge is 0.265 e. The molecule has 3 rings (SSSR count). The Morgan fingerprint density at radius 3 is 2.29 bits per heavy atom. The van der Waals surface area contributed by atoms with Gasteiger partial charge in [-0.2, -0.15) is 4.31 Å². The molecule has 1 saturated heterocycles. The number of halogens is 1. The number of carbonyl (C=O) groups is 1. The van der Waals surface area contributed by atoms with Crippen LogP contribution in [-0.2, 0) is 14.8 Å². The summed E-state index contributed by atoms with van der Waals surface area (Å²) >= 11 is 5.86. The Hall–Kier alpha value is -2.09. The summed E-state index contributed by atoms with van der Waals surface area (Å²) in [6.45, 7) is 2.97. The van der Waals surface area contributed by atoms with Gasteiger partial charge < -0.3 is 10.1 Å². The highest BCUT2D eigenvalue weighted by molar-refractivity contribution is 7.89. The molecule has 6 nitrogen and oxygen atoms in total. The molecule has 28 heavy (non-hydrogen) atoms. The first-order valence-electron chi connectivity index (χ1n) is 9.23. The zero-order valence-corrected chi connectivity index (χ0v) is 17.2. The molecule has 1 unspecified atom stereocenters. The molecule has 0 aromatic heterocycles. The maximum Gasteiger partial charge on any atom is 0.265 e. The SMILES string of the molecule is CCC(Oc1ccc(Cl)cc1)C(=O)Nc1ccc(S(=O)(=O)N2CCCC2)cc1. The highest BCUT2D eigenvalue weighted by atomic mass is 35.5. The van der Waals surface area contributed by atoms with Crippen LogP contribution in [0.25, 0.3) is 0 Å². The van der Waals surface area contributed by atoms with Gasteiger partial charge in [-0.15, -0.1) is 0 Å². The van der Waals surface area contributed by atoms with Gasteiger partial charge >= 0.3 is 0 Å². The summed E-state index contributed by atoms with van der Waals surface area (Å²) < 4.78 is 32.3. The molecule has 2 aromatic carbocycles. The highest BCUT2D eigenvalue weighted by Crippen LogP contribution is 2.23. The van der Waals surface area contributed by atoms with Gasteiger partial charge in [-0.3, -0.25) is 4.79 Å². The number of rotatable bonds is 7. The second-order valence-corrected chi connectivity index (χ2v) is 8.97. The van der Waals surface area contributed by atoms with Crippen LogP contribution in [0.15, 0.2) is 53.4 Å². The third-order valence-corrected chi connectivity index (χ3v) is 6.74. The van der Waals surface area contributed by atoms with Crippen LogP contribution in [0.1, 0.15) is 26.2 Å². The molecule has 1 amide bonds. The molecule has 1 aliphatic rings. The fourth-order valence-electron chi connectivity index (χ4n) is 3.01. The van der Waals surface area contributed by atoms with Crippen LogP contribution in [0.5, 0.6) is 5.75 Å². The van der Waals surface area contributed by atoms with Gasteiger partial charge in [0.25, 0.3) is 5.91 Å². The summed E-state index contributed by atoms with van der Waals surface area (Å²) in [6, 6.07) is 13.0. The molecule has 1 atom stereocenters. The first-order valence-corrected chi connectivity index (χ1v) is 11.1. The summed E-state index contributed by atoms with van der Waals surface area (Å²) in [4.78, 5) is 12.8. The summed E-state index contributed by atoms with van der Waals surface area (Å²) in [5, 5.41) is 3.37. The number of anilines is 1. The summed E-state index contributed by atoms with van der Waals surface area (Å²) in [5.41, 5.74) is 0.517. The molecule has 0 bridgehead atoms. The number of ether oxygens (including phenoxy) is 1. The summed E-state index contributed by atoms with van der Waals surface area (Å²) in [7, 11) is -3.46. The van der Waals surface area contributed by atoms with Crippen LogP contribution in [0, 0.1) is 0 Å². The van der Waals surface area contributed by atoms with Crippen molar-refractivity contribution >= 4 is 33.2 Å². The van der Waals surface area contributed by atoms with E-state index >= 15 is 0 Å². The van der Waals surface area contributed by atoms with Crippen molar-refractivity contribution in [2.75, 3.05) is 18.4 Å². The second-order valence-electron chi connectivity index (χ2n) is 6.59. The van der Waals surface area contributed by atoms with Gasteiger partial charge in [0.05, 0.1) is 4.90 Å². The maximum atomic E-state index is 12.6. The molecule has 1 N–H and O–H groups in total. The lowest BCUT2D eigenvalue weighted by Gasteiger charge is -2.18. The Bertz CT molecular complexity index is 908. The Morgan fingerprint density at radius 2 is 1.71 bits per heavy atom. The van der Waals surface area contributed by atoms with Crippen molar-refractivity contribution in [3.05, 3.63) is 53.6 Å². The van der Waals surface area contributed by atoms with Crippen molar-refractivity contribution in [2.45, 2.75) is 37.2 Å². The summed E-state index contributed by atoms with van der Waals surface area (Å²) in [6.07, 6.45) is 1.59. The van der Waals surface area contributed by atoms with E-state index in [2.05, 4.69) is 5.32 Å². The number of hydrogen-bond acceptors (Lipinski definition) is 4. The van der Waals surface area contributed by atoms with Crippen molar-refractivity contribution in [1.29, 1.82) is 0 Å². The lowest BCUT2D eigenvalue weighted by atomic mass is 10.2. The maximum absolute atomic E-state index is 12.6. The number of benzene rings is 2. The number of carbonyl (C=O) groups excluding carboxylic acids is 1. The van der Waals surface area contributed by atoms with Crippen molar-refractivity contribution < 1.29 is 17.9 Å². The third kappa shape index (κ3) is 4.84.